The van der Waals surface area contributed by atoms with E-state index < -0.39 is 0 Å². The zero-order valence-electron chi connectivity index (χ0n) is 4.14. The van der Waals surface area contributed by atoms with E-state index in [-0.39, 0.29) is 0 Å². The van der Waals surface area contributed by atoms with Gasteiger partial charge in [-0.1, -0.05) is 0 Å². The summed E-state index contributed by atoms with van der Waals surface area (Å²) in [4.78, 5) is 0. The second-order valence-electron chi connectivity index (χ2n) is 1.51. The third-order valence-corrected chi connectivity index (χ3v) is 3.59. The molecule has 0 saturated carbocycles. The summed E-state index contributed by atoms with van der Waals surface area (Å²) in [6.45, 7) is 2.15. The average Bonchev–Trinajstić information content (AvgIpc) is 1.91. The quantitative estimate of drug-likeness (QED) is 0.497. The molecule has 0 aliphatic carbocycles. The van der Waals surface area contributed by atoms with Gasteiger partial charge in [-0.15, -0.1) is 0 Å². The van der Waals surface area contributed by atoms with Gasteiger partial charge in [0.1, 0.15) is 0 Å². The summed E-state index contributed by atoms with van der Waals surface area (Å²) in [7, 11) is 0. The van der Waals surface area contributed by atoms with Gasteiger partial charge in [-0.3, -0.25) is 0 Å². The molecule has 0 fully saturated rings. The van der Waals surface area contributed by atoms with Crippen LogP contribution >= 0.6 is 11.3 Å². The van der Waals surface area contributed by atoms with Crippen LogP contribution in [0, 0.1) is 6.92 Å². The van der Waals surface area contributed by atoms with Gasteiger partial charge in [-0.2, -0.15) is 0 Å². The van der Waals surface area contributed by atoms with Gasteiger partial charge in [0.15, 0.2) is 0 Å². The summed E-state index contributed by atoms with van der Waals surface area (Å²) < 4.78 is 1.47. The predicted molar refractivity (Wildman–Crippen MR) is 37.2 cm³/mol. The van der Waals surface area contributed by atoms with Crippen molar-refractivity contribution >= 4 is 32.5 Å². The van der Waals surface area contributed by atoms with Gasteiger partial charge in [0.2, 0.25) is 0 Å². The molecule has 0 spiro atoms. The number of thiophene rings is 1. The van der Waals surface area contributed by atoms with E-state index in [2.05, 4.69) is 17.7 Å². The summed E-state index contributed by atoms with van der Waals surface area (Å²) in [5.74, 6) is 0. The standard InChI is InChI=1S/C5H7AsS/c1-4-2-7-3-5(4)6/h2-3H,6H2,1H3. The van der Waals surface area contributed by atoms with Gasteiger partial charge >= 0.3 is 55.8 Å². The first-order valence-electron chi connectivity index (χ1n) is 2.09. The molecule has 2 heteroatoms. The first kappa shape index (κ1) is 5.40. The van der Waals surface area contributed by atoms with E-state index >= 15 is 0 Å². The maximum absolute atomic E-state index is 2.19. The Morgan fingerprint density at radius 2 is 2.29 bits per heavy atom. The van der Waals surface area contributed by atoms with E-state index in [9.17, 15) is 0 Å². The van der Waals surface area contributed by atoms with E-state index in [1.165, 1.54) is 9.91 Å². The normalized spacial score (nSPS) is 9.43. The molecule has 0 radical (unpaired) electrons. The SMILES string of the molecule is Cc1cscc1[AsH2]. The number of rotatable bonds is 0. The fourth-order valence-electron chi connectivity index (χ4n) is 0.370. The van der Waals surface area contributed by atoms with Gasteiger partial charge in [0.25, 0.3) is 0 Å². The molecule has 0 saturated heterocycles. The molecule has 0 N–H and O–H groups in total. The van der Waals surface area contributed by atoms with Crippen LogP contribution in [0.15, 0.2) is 10.8 Å². The summed E-state index contributed by atoms with van der Waals surface area (Å²) in [6.07, 6.45) is 0. The van der Waals surface area contributed by atoms with Crippen molar-refractivity contribution in [3.8, 4) is 0 Å². The molecule has 0 aliphatic heterocycles. The first-order chi connectivity index (χ1) is 3.30. The molecule has 1 rings (SSSR count). The van der Waals surface area contributed by atoms with Crippen LogP contribution in [0.4, 0.5) is 0 Å². The Morgan fingerprint density at radius 3 is 2.43 bits per heavy atom. The third-order valence-electron chi connectivity index (χ3n) is 0.895. The van der Waals surface area contributed by atoms with Gasteiger partial charge in [0, 0.05) is 0 Å². The van der Waals surface area contributed by atoms with E-state index in [0.717, 1.165) is 0 Å². The van der Waals surface area contributed by atoms with Crippen LogP contribution in [0.25, 0.3) is 0 Å². The van der Waals surface area contributed by atoms with Crippen molar-refractivity contribution < 1.29 is 0 Å². The Hall–Kier alpha value is 0.258. The minimum atomic E-state index is 1.44. The van der Waals surface area contributed by atoms with Crippen molar-refractivity contribution in [2.24, 2.45) is 0 Å². The van der Waals surface area contributed by atoms with Crippen LogP contribution in [0.3, 0.4) is 0 Å². The summed E-state index contributed by atoms with van der Waals surface area (Å²) in [5, 5.41) is 4.37. The minimum absolute atomic E-state index is 1.44. The molecule has 38 valence electrons. The summed E-state index contributed by atoms with van der Waals surface area (Å²) in [6, 6.07) is 0. The van der Waals surface area contributed by atoms with Gasteiger partial charge < -0.3 is 0 Å². The number of hydrogen-bond donors (Lipinski definition) is 0. The molecular weight excluding hydrogens is 167 g/mol. The molecule has 1 unspecified atom stereocenters. The number of aryl methyl sites for hydroxylation is 1. The van der Waals surface area contributed by atoms with E-state index in [1.807, 2.05) is 0 Å². The Labute approximate surface area is 56.1 Å². The van der Waals surface area contributed by atoms with Gasteiger partial charge in [-0.25, -0.2) is 0 Å². The Bertz CT molecular complexity index is 140. The van der Waals surface area contributed by atoms with Gasteiger partial charge in [-0.05, 0) is 0 Å². The van der Waals surface area contributed by atoms with Crippen LogP contribution in [0.2, 0.25) is 0 Å². The van der Waals surface area contributed by atoms with Crippen molar-refractivity contribution in [2.75, 3.05) is 0 Å². The Kier molecular flexibility index (Phi) is 1.56. The van der Waals surface area contributed by atoms with Crippen molar-refractivity contribution in [2.45, 2.75) is 6.92 Å². The van der Waals surface area contributed by atoms with E-state index in [4.69, 9.17) is 0 Å². The fraction of sp³-hybridized carbons (Fsp3) is 0.200. The Balaban J connectivity index is 3.12. The van der Waals surface area contributed by atoms with Crippen LogP contribution in [-0.4, -0.2) is 16.9 Å². The first-order valence-corrected chi connectivity index (χ1v) is 4.24. The molecule has 1 aromatic heterocycles. The molecule has 0 aromatic carbocycles. The van der Waals surface area contributed by atoms with Crippen LogP contribution in [0.5, 0.6) is 0 Å². The third kappa shape index (κ3) is 1.08. The fourth-order valence-corrected chi connectivity index (χ4v) is 2.03. The van der Waals surface area contributed by atoms with Crippen molar-refractivity contribution in [3.63, 3.8) is 0 Å². The van der Waals surface area contributed by atoms with E-state index in [1.54, 1.807) is 28.2 Å². The van der Waals surface area contributed by atoms with Crippen LogP contribution < -0.4 is 4.35 Å². The average molecular weight is 174 g/mol. The molecule has 7 heavy (non-hydrogen) atoms. The van der Waals surface area contributed by atoms with Crippen LogP contribution in [-0.2, 0) is 0 Å². The molecule has 1 aromatic rings. The van der Waals surface area contributed by atoms with Crippen molar-refractivity contribution in [1.29, 1.82) is 0 Å². The van der Waals surface area contributed by atoms with Gasteiger partial charge in [0.05, 0.1) is 0 Å². The summed E-state index contributed by atoms with van der Waals surface area (Å²) >= 11 is 3.50. The molecule has 0 aliphatic rings. The van der Waals surface area contributed by atoms with Crippen LogP contribution in [0.1, 0.15) is 5.56 Å². The zero-order chi connectivity index (χ0) is 5.28. The summed E-state index contributed by atoms with van der Waals surface area (Å²) in [5.41, 5.74) is 1.44. The molecule has 1 atom stereocenters. The maximum atomic E-state index is 2.19. The second-order valence-corrected chi connectivity index (χ2v) is 3.56. The van der Waals surface area contributed by atoms with Crippen molar-refractivity contribution in [1.82, 2.24) is 0 Å². The van der Waals surface area contributed by atoms with Crippen molar-refractivity contribution in [3.05, 3.63) is 16.3 Å². The Morgan fingerprint density at radius 1 is 1.57 bits per heavy atom. The number of hydrogen-bond acceptors (Lipinski definition) is 1. The zero-order valence-corrected chi connectivity index (χ0v) is 7.38. The molecule has 0 nitrogen and oxygen atoms in total. The topological polar surface area (TPSA) is 0 Å². The monoisotopic (exact) mass is 174 g/mol. The predicted octanol–water partition coefficient (Wildman–Crippen LogP) is 0.315. The van der Waals surface area contributed by atoms with E-state index in [0.29, 0.717) is 0 Å². The second kappa shape index (κ2) is 2.02. The molecular formula is C5H7AsS. The molecule has 1 heterocycles. The molecule has 0 amide bonds. The molecule has 0 bridgehead atoms.